The molecule has 0 aromatic heterocycles. The quantitative estimate of drug-likeness (QED) is 0.0222. The fourth-order valence-corrected chi connectivity index (χ4v) is 14.9. The molecule has 17 nitrogen and oxygen atoms in total. The summed E-state index contributed by atoms with van der Waals surface area (Å²) in [5.74, 6) is 0.235. The van der Waals surface area contributed by atoms with Gasteiger partial charge in [-0.3, -0.25) is 37.3 Å². The van der Waals surface area contributed by atoms with Crippen LogP contribution in [0.5, 0.6) is 0 Å². The molecule has 0 saturated heterocycles. The number of phosphoric ester groups is 2. The number of hydrogen-bond acceptors (Lipinski definition) is 15. The second-order valence-electron chi connectivity index (χ2n) is 32.1. The third-order valence-corrected chi connectivity index (χ3v) is 22.4. The Morgan fingerprint density at radius 3 is 0.724 bits per heavy atom. The van der Waals surface area contributed by atoms with Gasteiger partial charge < -0.3 is 33.8 Å². The monoisotopic (exact) mass is 1540 g/mol. The second-order valence-corrected chi connectivity index (χ2v) is 35.0. The van der Waals surface area contributed by atoms with Gasteiger partial charge in [-0.2, -0.15) is 0 Å². The summed E-state index contributed by atoms with van der Waals surface area (Å²) in [6, 6.07) is 0. The average molecular weight is 1540 g/mol. The maximum absolute atomic E-state index is 13.1. The molecule has 0 bridgehead atoms. The lowest BCUT2D eigenvalue weighted by atomic mass is 9.99. The van der Waals surface area contributed by atoms with E-state index in [1.165, 1.54) is 257 Å². The Kier molecular flexibility index (Phi) is 74.7. The molecule has 0 aliphatic heterocycles. The van der Waals surface area contributed by atoms with Gasteiger partial charge in [-0.1, -0.05) is 402 Å². The number of hydrogen-bond donors (Lipinski definition) is 3. The van der Waals surface area contributed by atoms with Crippen molar-refractivity contribution >= 4 is 39.5 Å². The maximum Gasteiger partial charge on any atom is 0.472 e. The number of phosphoric acid groups is 2. The minimum Gasteiger partial charge on any atom is -0.462 e. The van der Waals surface area contributed by atoms with Gasteiger partial charge in [-0.25, -0.2) is 9.13 Å². The predicted molar refractivity (Wildman–Crippen MR) is 432 cm³/mol. The van der Waals surface area contributed by atoms with Crippen LogP contribution in [0.15, 0.2) is 0 Å². The zero-order chi connectivity index (χ0) is 77.2. The molecule has 3 unspecified atom stereocenters. The summed E-state index contributed by atoms with van der Waals surface area (Å²) < 4.78 is 68.9. The van der Waals surface area contributed by atoms with E-state index in [0.29, 0.717) is 31.6 Å². The zero-order valence-corrected chi connectivity index (χ0v) is 71.0. The summed E-state index contributed by atoms with van der Waals surface area (Å²) in [6.07, 6.45) is 66.7. The number of carbonyl (C=O) groups excluding carboxylic acids is 4. The highest BCUT2D eigenvalue weighted by Gasteiger charge is 2.30. The Bertz CT molecular complexity index is 2030. The fraction of sp³-hybridized carbons (Fsp3) is 0.953. The Balaban J connectivity index is 5.23. The van der Waals surface area contributed by atoms with Crippen molar-refractivity contribution in [1.82, 2.24) is 0 Å². The number of esters is 4. The highest BCUT2D eigenvalue weighted by molar-refractivity contribution is 7.47. The smallest absolute Gasteiger partial charge is 0.462 e. The molecule has 0 heterocycles. The number of ether oxygens (including phenoxy) is 4. The first-order valence-electron chi connectivity index (χ1n) is 44.4. The van der Waals surface area contributed by atoms with Gasteiger partial charge in [-0.15, -0.1) is 0 Å². The Hall–Kier alpha value is -1.94. The summed E-state index contributed by atoms with van der Waals surface area (Å²) in [5.41, 5.74) is 0. The first kappa shape index (κ1) is 103. The second kappa shape index (κ2) is 76.1. The van der Waals surface area contributed by atoms with Gasteiger partial charge in [0, 0.05) is 25.7 Å². The summed E-state index contributed by atoms with van der Waals surface area (Å²) >= 11 is 0. The molecule has 0 aromatic carbocycles. The number of aliphatic hydroxyl groups is 1. The number of aliphatic hydroxyl groups excluding tert-OH is 1. The van der Waals surface area contributed by atoms with Crippen LogP contribution in [0.3, 0.4) is 0 Å². The molecule has 6 atom stereocenters. The normalized spacial score (nSPS) is 14.1. The number of carbonyl (C=O) groups is 4. The molecule has 105 heavy (non-hydrogen) atoms. The van der Waals surface area contributed by atoms with E-state index in [1.807, 2.05) is 0 Å². The fourth-order valence-electron chi connectivity index (χ4n) is 13.3. The molecule has 0 aliphatic rings. The lowest BCUT2D eigenvalue weighted by Crippen LogP contribution is -2.30. The molecule has 0 radical (unpaired) electrons. The molecular weight excluding hydrogens is 1370 g/mol. The van der Waals surface area contributed by atoms with Crippen LogP contribution in [-0.2, 0) is 65.4 Å². The average Bonchev–Trinajstić information content (AvgIpc) is 0.911. The van der Waals surface area contributed by atoms with E-state index in [2.05, 4.69) is 48.5 Å². The van der Waals surface area contributed by atoms with Crippen molar-refractivity contribution in [3.05, 3.63) is 0 Å². The van der Waals surface area contributed by atoms with Crippen molar-refractivity contribution < 1.29 is 80.2 Å². The van der Waals surface area contributed by atoms with Crippen LogP contribution in [0.2, 0.25) is 0 Å². The highest BCUT2D eigenvalue weighted by atomic mass is 31.2. The van der Waals surface area contributed by atoms with Crippen molar-refractivity contribution in [2.24, 2.45) is 17.8 Å². The van der Waals surface area contributed by atoms with Gasteiger partial charge in [-0.05, 0) is 43.4 Å². The van der Waals surface area contributed by atoms with Gasteiger partial charge in [0.1, 0.15) is 19.3 Å². The van der Waals surface area contributed by atoms with E-state index in [9.17, 15) is 43.2 Å². The van der Waals surface area contributed by atoms with Crippen LogP contribution in [0, 0.1) is 17.8 Å². The van der Waals surface area contributed by atoms with E-state index in [0.717, 1.165) is 108 Å². The molecule has 0 aromatic rings. The summed E-state index contributed by atoms with van der Waals surface area (Å²) in [4.78, 5) is 73.2. The van der Waals surface area contributed by atoms with Crippen molar-refractivity contribution in [3.63, 3.8) is 0 Å². The first-order valence-corrected chi connectivity index (χ1v) is 47.4. The maximum atomic E-state index is 13.1. The topological polar surface area (TPSA) is 237 Å². The molecule has 624 valence electrons. The predicted octanol–water partition coefficient (Wildman–Crippen LogP) is 26.1. The van der Waals surface area contributed by atoms with Crippen molar-refractivity contribution in [2.45, 2.75) is 471 Å². The number of unbranched alkanes of at least 4 members (excludes halogenated alkanes) is 51. The zero-order valence-electron chi connectivity index (χ0n) is 69.2. The largest absolute Gasteiger partial charge is 0.472 e. The minimum atomic E-state index is -4.97. The third-order valence-electron chi connectivity index (χ3n) is 20.5. The van der Waals surface area contributed by atoms with E-state index in [1.54, 1.807) is 0 Å². The Morgan fingerprint density at radius 2 is 0.486 bits per heavy atom. The molecule has 19 heteroatoms. The van der Waals surface area contributed by atoms with Crippen LogP contribution in [0.25, 0.3) is 0 Å². The summed E-state index contributed by atoms with van der Waals surface area (Å²) in [6.45, 7) is 12.0. The van der Waals surface area contributed by atoms with E-state index in [4.69, 9.17) is 37.0 Å². The molecule has 0 aliphatic carbocycles. The summed E-state index contributed by atoms with van der Waals surface area (Å²) in [7, 11) is -9.93. The molecule has 3 N–H and O–H groups in total. The van der Waals surface area contributed by atoms with Crippen molar-refractivity contribution in [3.8, 4) is 0 Å². The molecule has 0 saturated carbocycles. The standard InChI is InChI=1S/C86H168O17P2/c1-8-10-11-12-13-14-15-16-17-18-19-20-21-22-23-30-35-40-47-55-62-69-85(90)102-81(73-96-83(88)67-60-53-46-39-34-29-25-24-28-33-38-45-52-59-66-79(7)9-2)75-100-104(92,93)98-71-80(87)72-99-105(94,95)101-76-82(74-97-84(89)68-61-54-49-42-44-51-58-65-78(5)6)103-86(91)70-63-56-48-41-36-31-26-27-32-37-43-50-57-64-77(3)4/h77-82,87H,8-76H2,1-7H3,(H,92,93)(H,94,95)/t79?,80-,81-,82-/m1/s1. The SMILES string of the molecule is CCCCCCCCCCCCCCCCCCCCCCCC(=O)O[C@H](COC(=O)CCCCCCCCCCCCCCCCC(C)CC)COP(=O)(O)OC[C@@H](O)COP(=O)(O)OC[C@@H](COC(=O)CCCCCCCCCC(C)C)OC(=O)CCCCCCCCCCCCCCCC(C)C. The lowest BCUT2D eigenvalue weighted by molar-refractivity contribution is -0.161. The van der Waals surface area contributed by atoms with Gasteiger partial charge in [0.05, 0.1) is 26.4 Å². The van der Waals surface area contributed by atoms with Crippen LogP contribution >= 0.6 is 15.6 Å². The van der Waals surface area contributed by atoms with E-state index < -0.39 is 97.5 Å². The van der Waals surface area contributed by atoms with Gasteiger partial charge >= 0.3 is 39.5 Å². The van der Waals surface area contributed by atoms with Crippen LogP contribution in [0.1, 0.15) is 453 Å². The molecule has 0 amide bonds. The van der Waals surface area contributed by atoms with Crippen molar-refractivity contribution in [2.75, 3.05) is 39.6 Å². The van der Waals surface area contributed by atoms with E-state index in [-0.39, 0.29) is 25.7 Å². The van der Waals surface area contributed by atoms with Gasteiger partial charge in [0.15, 0.2) is 12.2 Å². The minimum absolute atomic E-state index is 0.107. The first-order chi connectivity index (χ1) is 50.8. The van der Waals surface area contributed by atoms with E-state index >= 15 is 0 Å². The van der Waals surface area contributed by atoms with Crippen LogP contribution in [0.4, 0.5) is 0 Å². The van der Waals surface area contributed by atoms with Gasteiger partial charge in [0.25, 0.3) is 0 Å². The lowest BCUT2D eigenvalue weighted by Gasteiger charge is -2.21. The third kappa shape index (κ3) is 78.5. The Morgan fingerprint density at radius 1 is 0.276 bits per heavy atom. The summed E-state index contributed by atoms with van der Waals surface area (Å²) in [5, 5.41) is 10.7. The molecule has 0 fully saturated rings. The van der Waals surface area contributed by atoms with Crippen LogP contribution < -0.4 is 0 Å². The molecular formula is C86H168O17P2. The molecule has 0 rings (SSSR count). The van der Waals surface area contributed by atoms with Crippen molar-refractivity contribution in [1.29, 1.82) is 0 Å². The highest BCUT2D eigenvalue weighted by Crippen LogP contribution is 2.45. The van der Waals surface area contributed by atoms with Crippen LogP contribution in [-0.4, -0.2) is 96.7 Å². The molecule has 0 spiro atoms. The number of rotatable bonds is 84. The Labute approximate surface area is 645 Å². The van der Waals surface area contributed by atoms with Gasteiger partial charge in [0.2, 0.25) is 0 Å².